The molecule has 1 amide bonds. The standard InChI is InChI=1S/C22H32N4OS/c1-15-8-6-7-9-18(15)23-19(27)14-28-21-25-24-20(26(21)5)16-10-12-17(13-11-16)22(2,3)4/h10-13,15,18H,6-9,14H2,1-5H3,(H,23,27)/t15-,18+/m0/s1. The number of carbonyl (C=O) groups is 1. The van der Waals surface area contributed by atoms with Gasteiger partial charge in [0.2, 0.25) is 5.91 Å². The normalized spacial score (nSPS) is 20.2. The van der Waals surface area contributed by atoms with Gasteiger partial charge in [0, 0.05) is 18.7 Å². The lowest BCUT2D eigenvalue weighted by molar-refractivity contribution is -0.119. The van der Waals surface area contributed by atoms with Gasteiger partial charge in [-0.1, -0.05) is 76.6 Å². The Hall–Kier alpha value is -1.82. The SMILES string of the molecule is C[C@H]1CCCC[C@H]1NC(=O)CSc1nnc(-c2ccc(C(C)(C)C)cc2)n1C. The van der Waals surface area contributed by atoms with Crippen molar-refractivity contribution in [3.63, 3.8) is 0 Å². The van der Waals surface area contributed by atoms with Gasteiger partial charge in [0.05, 0.1) is 5.75 Å². The monoisotopic (exact) mass is 400 g/mol. The molecule has 1 N–H and O–H groups in total. The van der Waals surface area contributed by atoms with Crippen LogP contribution in [0.4, 0.5) is 0 Å². The van der Waals surface area contributed by atoms with Crippen LogP contribution in [-0.2, 0) is 17.3 Å². The average molecular weight is 401 g/mol. The summed E-state index contributed by atoms with van der Waals surface area (Å²) in [5.74, 6) is 1.85. The van der Waals surface area contributed by atoms with Crippen LogP contribution >= 0.6 is 11.8 Å². The van der Waals surface area contributed by atoms with Gasteiger partial charge in [0.15, 0.2) is 11.0 Å². The van der Waals surface area contributed by atoms with Crippen LogP contribution in [0.2, 0.25) is 0 Å². The molecule has 0 aliphatic heterocycles. The third-order valence-electron chi connectivity index (χ3n) is 5.63. The van der Waals surface area contributed by atoms with Crippen LogP contribution in [0.15, 0.2) is 29.4 Å². The fourth-order valence-electron chi connectivity index (χ4n) is 3.72. The molecule has 0 bridgehead atoms. The molecule has 1 aromatic carbocycles. The highest BCUT2D eigenvalue weighted by atomic mass is 32.2. The second kappa shape index (κ2) is 8.68. The van der Waals surface area contributed by atoms with Crippen LogP contribution in [0.5, 0.6) is 0 Å². The van der Waals surface area contributed by atoms with E-state index in [1.165, 1.54) is 36.6 Å². The molecule has 6 heteroatoms. The molecule has 0 radical (unpaired) electrons. The maximum absolute atomic E-state index is 12.4. The Morgan fingerprint density at radius 1 is 1.18 bits per heavy atom. The van der Waals surface area contributed by atoms with Crippen LogP contribution < -0.4 is 5.32 Å². The quantitative estimate of drug-likeness (QED) is 0.747. The summed E-state index contributed by atoms with van der Waals surface area (Å²) in [6.45, 7) is 8.85. The zero-order valence-electron chi connectivity index (χ0n) is 17.7. The summed E-state index contributed by atoms with van der Waals surface area (Å²) < 4.78 is 1.97. The van der Waals surface area contributed by atoms with E-state index < -0.39 is 0 Å². The smallest absolute Gasteiger partial charge is 0.230 e. The molecule has 2 atom stereocenters. The van der Waals surface area contributed by atoms with E-state index in [4.69, 9.17) is 0 Å². The summed E-state index contributed by atoms with van der Waals surface area (Å²) in [7, 11) is 1.95. The number of nitrogens with one attached hydrogen (secondary N) is 1. The fraction of sp³-hybridized carbons (Fsp3) is 0.591. The molecule has 3 rings (SSSR count). The molecular weight excluding hydrogens is 368 g/mol. The maximum atomic E-state index is 12.4. The lowest BCUT2D eigenvalue weighted by Gasteiger charge is -2.29. The number of rotatable bonds is 5. The Kier molecular flexibility index (Phi) is 6.48. The Morgan fingerprint density at radius 2 is 1.86 bits per heavy atom. The second-order valence-electron chi connectivity index (χ2n) is 8.92. The lowest BCUT2D eigenvalue weighted by Crippen LogP contribution is -2.41. The van der Waals surface area contributed by atoms with E-state index in [1.54, 1.807) is 0 Å². The van der Waals surface area contributed by atoms with Crippen molar-refractivity contribution < 1.29 is 4.79 Å². The van der Waals surface area contributed by atoms with Crippen molar-refractivity contribution in [2.45, 2.75) is 70.0 Å². The zero-order valence-corrected chi connectivity index (χ0v) is 18.5. The van der Waals surface area contributed by atoms with E-state index in [0.29, 0.717) is 17.7 Å². The minimum Gasteiger partial charge on any atom is -0.352 e. The molecule has 0 spiro atoms. The highest BCUT2D eigenvalue weighted by molar-refractivity contribution is 7.99. The summed E-state index contributed by atoms with van der Waals surface area (Å²) in [5, 5.41) is 12.6. The van der Waals surface area contributed by atoms with Gasteiger partial charge in [-0.25, -0.2) is 0 Å². The fourth-order valence-corrected chi connectivity index (χ4v) is 4.44. The highest BCUT2D eigenvalue weighted by Gasteiger charge is 2.23. The van der Waals surface area contributed by atoms with Crippen LogP contribution in [-0.4, -0.2) is 32.5 Å². The topological polar surface area (TPSA) is 59.8 Å². The van der Waals surface area contributed by atoms with Gasteiger partial charge in [-0.2, -0.15) is 0 Å². The van der Waals surface area contributed by atoms with Gasteiger partial charge in [0.25, 0.3) is 0 Å². The summed E-state index contributed by atoms with van der Waals surface area (Å²) in [6, 6.07) is 8.80. The Bertz CT molecular complexity index is 807. The molecule has 0 saturated heterocycles. The molecule has 1 saturated carbocycles. The van der Waals surface area contributed by atoms with Crippen molar-refractivity contribution >= 4 is 17.7 Å². The molecule has 1 aliphatic carbocycles. The molecule has 28 heavy (non-hydrogen) atoms. The Morgan fingerprint density at radius 3 is 2.50 bits per heavy atom. The van der Waals surface area contributed by atoms with E-state index in [0.717, 1.165) is 23.0 Å². The van der Waals surface area contributed by atoms with E-state index in [1.807, 2.05) is 11.6 Å². The van der Waals surface area contributed by atoms with Crippen LogP contribution in [0, 0.1) is 5.92 Å². The molecule has 0 unspecified atom stereocenters. The van der Waals surface area contributed by atoms with Crippen molar-refractivity contribution in [1.29, 1.82) is 0 Å². The molecule has 1 fully saturated rings. The number of carbonyl (C=O) groups excluding carboxylic acids is 1. The van der Waals surface area contributed by atoms with Gasteiger partial charge in [-0.05, 0) is 29.7 Å². The number of hydrogen-bond donors (Lipinski definition) is 1. The molecule has 1 heterocycles. The number of aromatic nitrogens is 3. The first-order valence-electron chi connectivity index (χ1n) is 10.2. The van der Waals surface area contributed by atoms with E-state index in [-0.39, 0.29) is 11.3 Å². The van der Waals surface area contributed by atoms with Gasteiger partial charge < -0.3 is 9.88 Å². The van der Waals surface area contributed by atoms with Crippen molar-refractivity contribution in [2.75, 3.05) is 5.75 Å². The van der Waals surface area contributed by atoms with Gasteiger partial charge in [0.1, 0.15) is 0 Å². The third-order valence-corrected chi connectivity index (χ3v) is 6.65. The first-order chi connectivity index (χ1) is 13.3. The summed E-state index contributed by atoms with van der Waals surface area (Å²) in [5.41, 5.74) is 2.46. The largest absolute Gasteiger partial charge is 0.352 e. The molecular formula is C22H32N4OS. The number of thioether (sulfide) groups is 1. The Labute approximate surface area is 172 Å². The minimum atomic E-state index is 0.0860. The molecule has 2 aromatic rings. The van der Waals surface area contributed by atoms with Crippen molar-refractivity contribution in [3.8, 4) is 11.4 Å². The van der Waals surface area contributed by atoms with Gasteiger partial charge in [-0.15, -0.1) is 10.2 Å². The predicted molar refractivity (Wildman–Crippen MR) is 115 cm³/mol. The van der Waals surface area contributed by atoms with Crippen LogP contribution in [0.3, 0.4) is 0 Å². The summed E-state index contributed by atoms with van der Waals surface area (Å²) in [6.07, 6.45) is 4.79. The van der Waals surface area contributed by atoms with Crippen molar-refractivity contribution in [2.24, 2.45) is 13.0 Å². The maximum Gasteiger partial charge on any atom is 0.230 e. The van der Waals surface area contributed by atoms with Gasteiger partial charge in [-0.3, -0.25) is 4.79 Å². The number of hydrogen-bond acceptors (Lipinski definition) is 4. The molecule has 1 aromatic heterocycles. The Balaban J connectivity index is 1.61. The first kappa shape index (κ1) is 20.9. The lowest BCUT2D eigenvalue weighted by atomic mass is 9.86. The predicted octanol–water partition coefficient (Wildman–Crippen LogP) is 4.57. The van der Waals surface area contributed by atoms with Crippen molar-refractivity contribution in [3.05, 3.63) is 29.8 Å². The third kappa shape index (κ3) is 4.96. The molecule has 1 aliphatic rings. The minimum absolute atomic E-state index is 0.0860. The van der Waals surface area contributed by atoms with Crippen LogP contribution in [0.25, 0.3) is 11.4 Å². The second-order valence-corrected chi connectivity index (χ2v) is 9.86. The summed E-state index contributed by atoms with van der Waals surface area (Å²) in [4.78, 5) is 12.4. The first-order valence-corrected chi connectivity index (χ1v) is 11.2. The van der Waals surface area contributed by atoms with Crippen molar-refractivity contribution in [1.82, 2.24) is 20.1 Å². The zero-order chi connectivity index (χ0) is 20.3. The number of nitrogens with zero attached hydrogens (tertiary/aromatic N) is 3. The highest BCUT2D eigenvalue weighted by Crippen LogP contribution is 2.27. The van der Waals surface area contributed by atoms with Crippen LogP contribution in [0.1, 0.15) is 58.9 Å². The number of benzene rings is 1. The molecule has 5 nitrogen and oxygen atoms in total. The average Bonchev–Trinajstić information content (AvgIpc) is 3.02. The van der Waals surface area contributed by atoms with E-state index in [2.05, 4.69) is 67.5 Å². The van der Waals surface area contributed by atoms with Gasteiger partial charge >= 0.3 is 0 Å². The summed E-state index contributed by atoms with van der Waals surface area (Å²) >= 11 is 1.45. The molecule has 152 valence electrons. The van der Waals surface area contributed by atoms with E-state index >= 15 is 0 Å². The van der Waals surface area contributed by atoms with E-state index in [9.17, 15) is 4.79 Å². The number of amides is 1.